The Hall–Kier alpha value is -1.35. The van der Waals surface area contributed by atoms with Crippen LogP contribution in [0.5, 0.6) is 5.75 Å². The van der Waals surface area contributed by atoms with Crippen LogP contribution in [0.25, 0.3) is 0 Å². The van der Waals surface area contributed by atoms with Crippen molar-refractivity contribution in [1.82, 2.24) is 0 Å². The van der Waals surface area contributed by atoms with E-state index in [-0.39, 0.29) is 5.78 Å². The minimum absolute atomic E-state index is 0.175. The van der Waals surface area contributed by atoms with E-state index in [1.54, 1.807) is 0 Å². The van der Waals surface area contributed by atoms with Gasteiger partial charge in [-0.1, -0.05) is 19.1 Å². The van der Waals surface area contributed by atoms with Crippen LogP contribution in [0.15, 0.2) is 18.2 Å². The van der Waals surface area contributed by atoms with Crippen molar-refractivity contribution in [3.05, 3.63) is 29.3 Å². The van der Waals surface area contributed by atoms with Crippen LogP contribution >= 0.6 is 0 Å². The summed E-state index contributed by atoms with van der Waals surface area (Å²) in [7, 11) is 0. The Labute approximate surface area is 108 Å². The Morgan fingerprint density at radius 1 is 1.50 bits per heavy atom. The molecule has 1 heterocycles. The van der Waals surface area contributed by atoms with Crippen LogP contribution < -0.4 is 10.5 Å². The van der Waals surface area contributed by atoms with Crippen LogP contribution in [0.2, 0.25) is 0 Å². The maximum Gasteiger partial charge on any atom is 0.166 e. The molecule has 18 heavy (non-hydrogen) atoms. The van der Waals surface area contributed by atoms with E-state index in [9.17, 15) is 4.79 Å². The van der Waals surface area contributed by atoms with Gasteiger partial charge in [-0.3, -0.25) is 4.79 Å². The van der Waals surface area contributed by atoms with Crippen LogP contribution in [0.3, 0.4) is 0 Å². The van der Waals surface area contributed by atoms with Gasteiger partial charge in [-0.05, 0) is 43.4 Å². The van der Waals surface area contributed by atoms with Crippen LogP contribution in [0, 0.1) is 5.92 Å². The molecule has 2 rings (SSSR count). The lowest BCUT2D eigenvalue weighted by molar-refractivity contribution is 0.0970. The SMILES string of the molecule is CC(CN)CCC(=O)c1cccc2c1OCCC2. The summed E-state index contributed by atoms with van der Waals surface area (Å²) in [4.78, 5) is 12.2. The summed E-state index contributed by atoms with van der Waals surface area (Å²) in [6, 6.07) is 5.88. The molecule has 0 saturated heterocycles. The van der Waals surface area contributed by atoms with Gasteiger partial charge in [0.15, 0.2) is 5.78 Å². The van der Waals surface area contributed by atoms with Gasteiger partial charge in [0.2, 0.25) is 0 Å². The van der Waals surface area contributed by atoms with Crippen molar-refractivity contribution in [3.8, 4) is 5.75 Å². The third-order valence-electron chi connectivity index (χ3n) is 3.50. The molecule has 2 N–H and O–H groups in total. The van der Waals surface area contributed by atoms with Crippen molar-refractivity contribution in [2.45, 2.75) is 32.6 Å². The van der Waals surface area contributed by atoms with Gasteiger partial charge in [0.1, 0.15) is 5.75 Å². The Morgan fingerprint density at radius 3 is 3.11 bits per heavy atom. The van der Waals surface area contributed by atoms with Gasteiger partial charge in [0.25, 0.3) is 0 Å². The number of hydrogen-bond donors (Lipinski definition) is 1. The monoisotopic (exact) mass is 247 g/mol. The van der Waals surface area contributed by atoms with E-state index in [0.717, 1.165) is 37.2 Å². The highest BCUT2D eigenvalue weighted by atomic mass is 16.5. The fourth-order valence-electron chi connectivity index (χ4n) is 2.24. The van der Waals surface area contributed by atoms with E-state index in [1.807, 2.05) is 18.2 Å². The van der Waals surface area contributed by atoms with Crippen molar-refractivity contribution in [2.24, 2.45) is 11.7 Å². The van der Waals surface area contributed by atoms with Crippen LogP contribution in [-0.4, -0.2) is 18.9 Å². The summed E-state index contributed by atoms with van der Waals surface area (Å²) in [6.45, 7) is 3.43. The second kappa shape index (κ2) is 6.01. The second-order valence-corrected chi connectivity index (χ2v) is 5.05. The number of rotatable bonds is 5. The molecular formula is C15H21NO2. The molecule has 0 saturated carbocycles. The molecule has 98 valence electrons. The number of carbonyl (C=O) groups excluding carboxylic acids is 1. The Kier molecular flexibility index (Phi) is 4.37. The van der Waals surface area contributed by atoms with Crippen LogP contribution in [0.1, 0.15) is 42.1 Å². The molecule has 3 heteroatoms. The molecule has 1 aliphatic rings. The number of Topliss-reactive ketones (excluding diaryl/α,β-unsaturated/α-hetero) is 1. The van der Waals surface area contributed by atoms with E-state index in [1.165, 1.54) is 5.56 Å². The zero-order chi connectivity index (χ0) is 13.0. The van der Waals surface area contributed by atoms with Crippen molar-refractivity contribution in [1.29, 1.82) is 0 Å². The van der Waals surface area contributed by atoms with Gasteiger partial charge in [-0.2, -0.15) is 0 Å². The lowest BCUT2D eigenvalue weighted by Gasteiger charge is -2.20. The highest BCUT2D eigenvalue weighted by Crippen LogP contribution is 2.30. The Bertz CT molecular complexity index is 429. The van der Waals surface area contributed by atoms with E-state index >= 15 is 0 Å². The van der Waals surface area contributed by atoms with Crippen molar-refractivity contribution >= 4 is 5.78 Å². The fourth-order valence-corrected chi connectivity index (χ4v) is 2.24. The summed E-state index contributed by atoms with van der Waals surface area (Å²) < 4.78 is 5.66. The number of ether oxygens (including phenoxy) is 1. The van der Waals surface area contributed by atoms with Gasteiger partial charge in [0, 0.05) is 6.42 Å². The number of hydrogen-bond acceptors (Lipinski definition) is 3. The lowest BCUT2D eigenvalue weighted by Crippen LogP contribution is -2.15. The van der Waals surface area contributed by atoms with E-state index in [2.05, 4.69) is 6.92 Å². The predicted octanol–water partition coefficient (Wildman–Crippen LogP) is 2.57. The largest absolute Gasteiger partial charge is 0.493 e. The predicted molar refractivity (Wildman–Crippen MR) is 72.0 cm³/mol. The van der Waals surface area contributed by atoms with E-state index < -0.39 is 0 Å². The van der Waals surface area contributed by atoms with Gasteiger partial charge in [-0.15, -0.1) is 0 Å². The molecule has 1 atom stereocenters. The Morgan fingerprint density at radius 2 is 2.33 bits per heavy atom. The summed E-state index contributed by atoms with van der Waals surface area (Å²) in [5.41, 5.74) is 7.48. The molecule has 1 unspecified atom stereocenters. The standard InChI is InChI=1S/C15H21NO2/c1-11(10-16)7-8-14(17)13-6-2-4-12-5-3-9-18-15(12)13/h2,4,6,11H,3,5,7-10,16H2,1H3. The zero-order valence-corrected chi connectivity index (χ0v) is 10.9. The quantitative estimate of drug-likeness (QED) is 0.814. The number of carbonyl (C=O) groups is 1. The maximum absolute atomic E-state index is 12.2. The third kappa shape index (κ3) is 2.91. The fraction of sp³-hybridized carbons (Fsp3) is 0.533. The van der Waals surface area contributed by atoms with E-state index in [4.69, 9.17) is 10.5 Å². The van der Waals surface area contributed by atoms with Gasteiger partial charge < -0.3 is 10.5 Å². The molecular weight excluding hydrogens is 226 g/mol. The molecule has 1 aromatic carbocycles. The van der Waals surface area contributed by atoms with Gasteiger partial charge >= 0.3 is 0 Å². The van der Waals surface area contributed by atoms with Gasteiger partial charge in [0.05, 0.1) is 12.2 Å². The molecule has 0 fully saturated rings. The molecule has 0 aliphatic carbocycles. The van der Waals surface area contributed by atoms with E-state index in [0.29, 0.717) is 18.9 Å². The number of ketones is 1. The topological polar surface area (TPSA) is 52.3 Å². The van der Waals surface area contributed by atoms with Crippen molar-refractivity contribution < 1.29 is 9.53 Å². The molecule has 0 amide bonds. The molecule has 3 nitrogen and oxygen atoms in total. The smallest absolute Gasteiger partial charge is 0.166 e. The first-order valence-corrected chi connectivity index (χ1v) is 6.70. The normalized spacial score (nSPS) is 15.7. The van der Waals surface area contributed by atoms with Crippen LogP contribution in [0.4, 0.5) is 0 Å². The highest BCUT2D eigenvalue weighted by Gasteiger charge is 2.19. The average molecular weight is 247 g/mol. The lowest BCUT2D eigenvalue weighted by atomic mass is 9.96. The summed E-state index contributed by atoms with van der Waals surface area (Å²) in [6.07, 6.45) is 3.45. The number of benzene rings is 1. The molecule has 0 spiro atoms. The Balaban J connectivity index is 2.10. The summed E-state index contributed by atoms with van der Waals surface area (Å²) in [5.74, 6) is 1.39. The average Bonchev–Trinajstić information content (AvgIpc) is 2.43. The summed E-state index contributed by atoms with van der Waals surface area (Å²) in [5, 5.41) is 0. The third-order valence-corrected chi connectivity index (χ3v) is 3.50. The first-order chi connectivity index (χ1) is 8.72. The maximum atomic E-state index is 12.2. The van der Waals surface area contributed by atoms with Crippen molar-refractivity contribution in [3.63, 3.8) is 0 Å². The molecule has 1 aliphatic heterocycles. The number of para-hydroxylation sites is 1. The van der Waals surface area contributed by atoms with Crippen molar-refractivity contribution in [2.75, 3.05) is 13.2 Å². The number of fused-ring (bicyclic) bond motifs is 1. The first kappa shape index (κ1) is 13.1. The minimum Gasteiger partial charge on any atom is -0.493 e. The second-order valence-electron chi connectivity index (χ2n) is 5.05. The molecule has 0 bridgehead atoms. The molecule has 1 aromatic rings. The molecule has 0 aromatic heterocycles. The zero-order valence-electron chi connectivity index (χ0n) is 10.9. The van der Waals surface area contributed by atoms with Crippen LogP contribution in [-0.2, 0) is 6.42 Å². The highest BCUT2D eigenvalue weighted by molar-refractivity contribution is 5.99. The molecule has 0 radical (unpaired) electrons. The van der Waals surface area contributed by atoms with Gasteiger partial charge in [-0.25, -0.2) is 0 Å². The minimum atomic E-state index is 0.175. The first-order valence-electron chi connectivity index (χ1n) is 6.70. The summed E-state index contributed by atoms with van der Waals surface area (Å²) >= 11 is 0. The number of nitrogens with two attached hydrogens (primary N) is 1. The number of aryl methyl sites for hydroxylation is 1.